The predicted molar refractivity (Wildman–Crippen MR) is 94.5 cm³/mol. The Bertz CT molecular complexity index is 711. The van der Waals surface area contributed by atoms with Gasteiger partial charge in [0.2, 0.25) is 0 Å². The summed E-state index contributed by atoms with van der Waals surface area (Å²) in [5.41, 5.74) is -0.900. The quantitative estimate of drug-likeness (QED) is 0.275. The van der Waals surface area contributed by atoms with Gasteiger partial charge in [0.1, 0.15) is 19.3 Å². The van der Waals surface area contributed by atoms with Gasteiger partial charge < -0.3 is 18.9 Å². The molecule has 2 bridgehead atoms. The summed E-state index contributed by atoms with van der Waals surface area (Å²) in [7, 11) is 1.20. The highest BCUT2D eigenvalue weighted by molar-refractivity contribution is 5.91. The molecule has 2 saturated carbocycles. The number of hydrogen-bond acceptors (Lipinski definition) is 8. The maximum absolute atomic E-state index is 13.1. The maximum atomic E-state index is 13.1. The van der Waals surface area contributed by atoms with Crippen LogP contribution < -0.4 is 0 Å². The molecule has 0 radical (unpaired) electrons. The lowest BCUT2D eigenvalue weighted by atomic mass is 9.58. The number of ether oxygens (including phenoxy) is 4. The summed E-state index contributed by atoms with van der Waals surface area (Å²) in [5.74, 6) is -2.46. The average molecular weight is 394 g/mol. The van der Waals surface area contributed by atoms with Crippen molar-refractivity contribution in [3.8, 4) is 0 Å². The first-order valence-corrected chi connectivity index (χ1v) is 9.55. The Morgan fingerprint density at radius 2 is 1.82 bits per heavy atom. The number of carbonyl (C=O) groups is 4. The summed E-state index contributed by atoms with van der Waals surface area (Å²) in [4.78, 5) is 48.1. The molecule has 8 nitrogen and oxygen atoms in total. The van der Waals surface area contributed by atoms with Gasteiger partial charge in [-0.1, -0.05) is 20.8 Å². The molecule has 3 rings (SSSR count). The molecular formula is C20H26O8. The molecule has 8 heteroatoms. The molecule has 1 saturated heterocycles. The van der Waals surface area contributed by atoms with E-state index in [0.717, 1.165) is 18.6 Å². The van der Waals surface area contributed by atoms with E-state index < -0.39 is 29.2 Å². The smallest absolute Gasteiger partial charge is 0.331 e. The minimum atomic E-state index is -0.900. The van der Waals surface area contributed by atoms with E-state index >= 15 is 0 Å². The molecule has 154 valence electrons. The number of hydrogen-bond donors (Lipinski definition) is 0. The van der Waals surface area contributed by atoms with E-state index in [4.69, 9.17) is 14.2 Å². The fourth-order valence-corrected chi connectivity index (χ4v) is 5.53. The lowest BCUT2D eigenvalue weighted by Crippen LogP contribution is -2.52. The Hall–Kier alpha value is -2.38. The van der Waals surface area contributed by atoms with E-state index in [1.807, 2.05) is 20.8 Å². The Morgan fingerprint density at radius 3 is 2.46 bits per heavy atom. The van der Waals surface area contributed by atoms with Crippen LogP contribution in [0.2, 0.25) is 0 Å². The zero-order chi connectivity index (χ0) is 20.6. The van der Waals surface area contributed by atoms with Crippen molar-refractivity contribution in [1.29, 1.82) is 0 Å². The predicted octanol–water partition coefficient (Wildman–Crippen LogP) is 1.27. The number of esters is 4. The molecule has 3 fully saturated rings. The van der Waals surface area contributed by atoms with Gasteiger partial charge in [-0.15, -0.1) is 0 Å². The van der Waals surface area contributed by atoms with Crippen molar-refractivity contribution in [2.24, 2.45) is 35.0 Å². The van der Waals surface area contributed by atoms with Gasteiger partial charge in [-0.3, -0.25) is 9.59 Å². The molecule has 6 unspecified atom stereocenters. The number of rotatable bonds is 7. The highest BCUT2D eigenvalue weighted by atomic mass is 16.6. The van der Waals surface area contributed by atoms with Crippen LogP contribution in [0.1, 0.15) is 27.2 Å². The molecule has 0 aromatic rings. The highest BCUT2D eigenvalue weighted by Crippen LogP contribution is 2.68. The third-order valence-electron chi connectivity index (χ3n) is 6.59. The van der Waals surface area contributed by atoms with E-state index in [1.54, 1.807) is 0 Å². The topological polar surface area (TPSA) is 105 Å². The molecule has 3 aliphatic rings. The number of methoxy groups -OCH3 is 1. The Morgan fingerprint density at radius 1 is 1.18 bits per heavy atom. The molecule has 0 spiro atoms. The zero-order valence-electron chi connectivity index (χ0n) is 16.5. The van der Waals surface area contributed by atoms with Crippen LogP contribution in [0, 0.1) is 35.0 Å². The second-order valence-electron chi connectivity index (χ2n) is 7.99. The van der Waals surface area contributed by atoms with Gasteiger partial charge >= 0.3 is 23.9 Å². The first kappa shape index (κ1) is 20.4. The summed E-state index contributed by atoms with van der Waals surface area (Å²) in [6.07, 6.45) is 2.59. The van der Waals surface area contributed by atoms with E-state index in [1.165, 1.54) is 7.11 Å². The average Bonchev–Trinajstić information content (AvgIpc) is 3.26. The van der Waals surface area contributed by atoms with Gasteiger partial charge in [-0.05, 0) is 24.2 Å². The fraction of sp³-hybridized carbons (Fsp3) is 0.700. The number of carbonyl (C=O) groups excluding carboxylic acids is 4. The number of fused-ring (bicyclic) bond motifs is 1. The first-order valence-electron chi connectivity index (χ1n) is 9.55. The van der Waals surface area contributed by atoms with E-state index in [2.05, 4.69) is 4.74 Å². The van der Waals surface area contributed by atoms with Crippen LogP contribution in [-0.4, -0.2) is 50.3 Å². The lowest BCUT2D eigenvalue weighted by Gasteiger charge is -2.43. The van der Waals surface area contributed by atoms with Crippen LogP contribution in [0.5, 0.6) is 0 Å². The summed E-state index contributed by atoms with van der Waals surface area (Å²) in [5, 5.41) is 0. The van der Waals surface area contributed by atoms with Crippen molar-refractivity contribution in [2.75, 3.05) is 20.3 Å². The SMILES string of the molecule is COC(=O)/C=C/C(=O)OCCOC(=O)C1(C(C)C)C2CC3C(OC(=O)C31)C2C. The monoisotopic (exact) mass is 394 g/mol. The molecule has 1 heterocycles. The second kappa shape index (κ2) is 7.56. The standard InChI is InChI=1S/C20H26O8/c1-10(2)20(13-9-12-16(20)18(23)28-17(12)11(13)3)19(24)27-8-7-26-15(22)6-5-14(21)25-4/h5-6,10-13,16-17H,7-9H2,1-4H3/b6-5+. The van der Waals surface area contributed by atoms with Crippen LogP contribution in [0.25, 0.3) is 0 Å². The Balaban J connectivity index is 1.61. The van der Waals surface area contributed by atoms with Crippen LogP contribution in [0.4, 0.5) is 0 Å². The minimum absolute atomic E-state index is 0.0389. The largest absolute Gasteiger partial charge is 0.466 e. The molecule has 1 aliphatic heterocycles. The Labute approximate surface area is 163 Å². The van der Waals surface area contributed by atoms with E-state index in [0.29, 0.717) is 0 Å². The van der Waals surface area contributed by atoms with Gasteiger partial charge in [-0.25, -0.2) is 9.59 Å². The van der Waals surface area contributed by atoms with Crippen molar-refractivity contribution < 1.29 is 38.1 Å². The van der Waals surface area contributed by atoms with Crippen LogP contribution in [-0.2, 0) is 38.1 Å². The van der Waals surface area contributed by atoms with Crippen LogP contribution in [0.15, 0.2) is 12.2 Å². The van der Waals surface area contributed by atoms with E-state index in [9.17, 15) is 19.2 Å². The van der Waals surface area contributed by atoms with Crippen molar-refractivity contribution in [2.45, 2.75) is 33.3 Å². The summed E-state index contributed by atoms with van der Waals surface area (Å²) in [6.45, 7) is 5.64. The highest BCUT2D eigenvalue weighted by Gasteiger charge is 2.75. The van der Waals surface area contributed by atoms with Crippen molar-refractivity contribution in [3.05, 3.63) is 12.2 Å². The van der Waals surface area contributed by atoms with Gasteiger partial charge in [0.15, 0.2) is 0 Å². The van der Waals surface area contributed by atoms with Gasteiger partial charge in [0.25, 0.3) is 0 Å². The molecule has 0 aromatic heterocycles. The fourth-order valence-electron chi connectivity index (χ4n) is 5.53. The maximum Gasteiger partial charge on any atom is 0.331 e. The molecule has 6 atom stereocenters. The van der Waals surface area contributed by atoms with Crippen LogP contribution in [0.3, 0.4) is 0 Å². The van der Waals surface area contributed by atoms with Crippen molar-refractivity contribution in [1.82, 2.24) is 0 Å². The van der Waals surface area contributed by atoms with Crippen LogP contribution >= 0.6 is 0 Å². The van der Waals surface area contributed by atoms with Gasteiger partial charge in [0, 0.05) is 18.1 Å². The molecule has 0 amide bonds. The molecular weight excluding hydrogens is 368 g/mol. The van der Waals surface area contributed by atoms with E-state index in [-0.39, 0.29) is 49.0 Å². The third kappa shape index (κ3) is 2.99. The lowest BCUT2D eigenvalue weighted by molar-refractivity contribution is -0.173. The molecule has 28 heavy (non-hydrogen) atoms. The summed E-state index contributed by atoms with van der Waals surface area (Å²) in [6, 6.07) is 0. The first-order chi connectivity index (χ1) is 13.2. The summed E-state index contributed by atoms with van der Waals surface area (Å²) < 4.78 is 20.3. The van der Waals surface area contributed by atoms with Crippen molar-refractivity contribution >= 4 is 23.9 Å². The van der Waals surface area contributed by atoms with Crippen molar-refractivity contribution in [3.63, 3.8) is 0 Å². The molecule has 0 aromatic carbocycles. The minimum Gasteiger partial charge on any atom is -0.466 e. The summed E-state index contributed by atoms with van der Waals surface area (Å²) >= 11 is 0. The zero-order valence-corrected chi connectivity index (χ0v) is 16.5. The molecule has 2 aliphatic carbocycles. The van der Waals surface area contributed by atoms with Gasteiger partial charge in [-0.2, -0.15) is 0 Å². The van der Waals surface area contributed by atoms with Gasteiger partial charge in [0.05, 0.1) is 18.4 Å². The third-order valence-corrected chi connectivity index (χ3v) is 6.59. The Kier molecular flexibility index (Phi) is 5.50. The normalized spacial score (nSPS) is 35.3. The molecule has 0 N–H and O–H groups in total. The second-order valence-corrected chi connectivity index (χ2v) is 7.99.